The molecule has 1 aliphatic heterocycles. The Balaban J connectivity index is 1.72. The highest BCUT2D eigenvalue weighted by Crippen LogP contribution is 2.37. The van der Waals surface area contributed by atoms with Gasteiger partial charge in [0.15, 0.2) is 11.5 Å². The number of rotatable bonds is 4. The van der Waals surface area contributed by atoms with Crippen molar-refractivity contribution in [3.63, 3.8) is 0 Å². The molecule has 132 valence electrons. The normalized spacial score (nSPS) is 12.4. The van der Waals surface area contributed by atoms with Crippen LogP contribution in [0, 0.1) is 6.92 Å². The number of carbonyl (C=O) groups is 1. The summed E-state index contributed by atoms with van der Waals surface area (Å²) in [6.07, 6.45) is 0. The molecule has 2 aromatic carbocycles. The van der Waals surface area contributed by atoms with E-state index in [4.69, 9.17) is 25.8 Å². The molecular weight excluding hydrogens is 354 g/mol. The summed E-state index contributed by atoms with van der Waals surface area (Å²) in [5.41, 5.74) is 3.29. The molecule has 0 N–H and O–H groups in total. The number of carbonyl (C=O) groups excluding carboxylic acids is 1. The maximum atomic E-state index is 12.7. The fourth-order valence-electron chi connectivity index (χ4n) is 3.04. The second kappa shape index (κ2) is 6.84. The first-order valence-corrected chi connectivity index (χ1v) is 8.70. The van der Waals surface area contributed by atoms with Crippen LogP contribution in [-0.2, 0) is 17.2 Å². The van der Waals surface area contributed by atoms with Crippen LogP contribution in [0.3, 0.4) is 0 Å². The number of ether oxygens (including phenoxy) is 3. The molecule has 4 rings (SSSR count). The molecule has 0 radical (unpaired) electrons. The Labute approximate surface area is 155 Å². The number of esters is 1. The lowest BCUT2D eigenvalue weighted by molar-refractivity contribution is 0.0470. The number of benzene rings is 2. The van der Waals surface area contributed by atoms with Gasteiger partial charge in [-0.2, -0.15) is 0 Å². The highest BCUT2D eigenvalue weighted by atomic mass is 35.5. The van der Waals surface area contributed by atoms with E-state index < -0.39 is 5.97 Å². The van der Waals surface area contributed by atoms with Gasteiger partial charge in [-0.3, -0.25) is 4.98 Å². The van der Waals surface area contributed by atoms with Crippen LogP contribution in [0.4, 0.5) is 0 Å². The molecule has 0 bridgehead atoms. The molecule has 1 aliphatic rings. The Morgan fingerprint density at radius 3 is 2.65 bits per heavy atom. The molecule has 0 saturated heterocycles. The highest BCUT2D eigenvalue weighted by molar-refractivity contribution is 6.17. The van der Waals surface area contributed by atoms with Crippen molar-refractivity contribution in [2.24, 2.45) is 0 Å². The molecule has 0 fully saturated rings. The van der Waals surface area contributed by atoms with E-state index in [9.17, 15) is 4.79 Å². The van der Waals surface area contributed by atoms with Gasteiger partial charge in [-0.15, -0.1) is 11.6 Å². The number of nitrogens with zero attached hydrogens (tertiary/aromatic N) is 1. The summed E-state index contributed by atoms with van der Waals surface area (Å²) >= 11 is 6.06. The Hall–Kier alpha value is -2.79. The second-order valence-electron chi connectivity index (χ2n) is 5.98. The Bertz CT molecular complexity index is 988. The molecule has 0 unspecified atom stereocenters. The quantitative estimate of drug-likeness (QED) is 0.505. The van der Waals surface area contributed by atoms with Gasteiger partial charge in [-0.1, -0.05) is 30.3 Å². The number of pyridine rings is 1. The third-order valence-corrected chi connectivity index (χ3v) is 4.61. The Kier molecular flexibility index (Phi) is 4.39. The van der Waals surface area contributed by atoms with Gasteiger partial charge >= 0.3 is 5.97 Å². The first-order chi connectivity index (χ1) is 12.7. The molecule has 0 spiro atoms. The van der Waals surface area contributed by atoms with Crippen LogP contribution in [0.15, 0.2) is 42.5 Å². The van der Waals surface area contributed by atoms with E-state index in [1.165, 1.54) is 0 Å². The molecule has 2 heterocycles. The van der Waals surface area contributed by atoms with Crippen molar-refractivity contribution in [1.29, 1.82) is 0 Å². The lowest BCUT2D eigenvalue weighted by Gasteiger charge is -2.13. The Morgan fingerprint density at radius 1 is 1.19 bits per heavy atom. The monoisotopic (exact) mass is 369 g/mol. The lowest BCUT2D eigenvalue weighted by atomic mass is 10.0. The van der Waals surface area contributed by atoms with E-state index in [0.29, 0.717) is 28.3 Å². The first-order valence-electron chi connectivity index (χ1n) is 8.17. The molecule has 26 heavy (non-hydrogen) atoms. The van der Waals surface area contributed by atoms with Gasteiger partial charge in [0.25, 0.3) is 0 Å². The minimum Gasteiger partial charge on any atom is -0.457 e. The largest absolute Gasteiger partial charge is 0.457 e. The average molecular weight is 370 g/mol. The summed E-state index contributed by atoms with van der Waals surface area (Å²) < 4.78 is 16.3. The van der Waals surface area contributed by atoms with E-state index in [-0.39, 0.29) is 19.3 Å². The van der Waals surface area contributed by atoms with Crippen LogP contribution >= 0.6 is 11.6 Å². The molecular formula is C20H16ClNO4. The fourth-order valence-corrected chi connectivity index (χ4v) is 3.23. The minimum absolute atomic E-state index is 0.112. The summed E-state index contributed by atoms with van der Waals surface area (Å²) in [5, 5.41) is 0.815. The van der Waals surface area contributed by atoms with Crippen molar-refractivity contribution in [2.75, 3.05) is 6.79 Å². The fraction of sp³-hybridized carbons (Fsp3) is 0.200. The van der Waals surface area contributed by atoms with Crippen molar-refractivity contribution in [1.82, 2.24) is 4.98 Å². The number of hydrogen-bond donors (Lipinski definition) is 0. The highest BCUT2D eigenvalue weighted by Gasteiger charge is 2.22. The van der Waals surface area contributed by atoms with Crippen LogP contribution in [0.5, 0.6) is 11.5 Å². The first kappa shape index (κ1) is 16.7. The zero-order valence-electron chi connectivity index (χ0n) is 14.1. The predicted molar refractivity (Wildman–Crippen MR) is 97.7 cm³/mol. The van der Waals surface area contributed by atoms with Crippen LogP contribution < -0.4 is 9.47 Å². The third-order valence-electron chi connectivity index (χ3n) is 4.36. The number of aryl methyl sites for hydroxylation is 1. The second-order valence-corrected chi connectivity index (χ2v) is 6.24. The number of alkyl halides is 1. The zero-order valence-corrected chi connectivity index (χ0v) is 14.9. The number of halogens is 1. The number of fused-ring (bicyclic) bond motifs is 2. The molecule has 0 atom stereocenters. The summed E-state index contributed by atoms with van der Waals surface area (Å²) in [5.74, 6) is 0.962. The van der Waals surface area contributed by atoms with Crippen LogP contribution in [0.1, 0.15) is 27.2 Å². The van der Waals surface area contributed by atoms with E-state index in [2.05, 4.69) is 4.98 Å². The van der Waals surface area contributed by atoms with Crippen molar-refractivity contribution < 1.29 is 19.0 Å². The van der Waals surface area contributed by atoms with Crippen LogP contribution in [-0.4, -0.2) is 17.7 Å². The summed E-state index contributed by atoms with van der Waals surface area (Å²) in [6.45, 7) is 2.24. The molecule has 0 amide bonds. The maximum Gasteiger partial charge on any atom is 0.340 e. The molecule has 0 saturated carbocycles. The van der Waals surface area contributed by atoms with Crippen LogP contribution in [0.25, 0.3) is 10.9 Å². The SMILES string of the molecule is Cc1c(C(=O)OCc2ccccc2)c(CCl)nc2cc3c(cc12)OCO3. The van der Waals surface area contributed by atoms with Gasteiger partial charge < -0.3 is 14.2 Å². The van der Waals surface area contributed by atoms with E-state index in [0.717, 1.165) is 16.5 Å². The molecule has 3 aromatic rings. The summed E-state index contributed by atoms with van der Waals surface area (Å²) in [4.78, 5) is 17.3. The van der Waals surface area contributed by atoms with E-state index in [1.54, 1.807) is 6.07 Å². The number of hydrogen-bond acceptors (Lipinski definition) is 5. The van der Waals surface area contributed by atoms with E-state index >= 15 is 0 Å². The standard InChI is InChI=1S/C20H16ClNO4/c1-12-14-7-17-18(26-11-25-17)8-15(14)22-16(9-21)19(12)20(23)24-10-13-5-3-2-4-6-13/h2-8H,9-11H2,1H3. The molecule has 5 nitrogen and oxygen atoms in total. The molecule has 0 aliphatic carbocycles. The topological polar surface area (TPSA) is 57.7 Å². The van der Waals surface area contributed by atoms with Gasteiger partial charge in [0.05, 0.1) is 22.7 Å². The van der Waals surface area contributed by atoms with Crippen molar-refractivity contribution >= 4 is 28.5 Å². The lowest BCUT2D eigenvalue weighted by Crippen LogP contribution is -2.12. The number of aromatic nitrogens is 1. The summed E-state index contributed by atoms with van der Waals surface area (Å²) in [7, 11) is 0. The summed E-state index contributed by atoms with van der Waals surface area (Å²) in [6, 6.07) is 13.2. The van der Waals surface area contributed by atoms with Gasteiger partial charge in [0.2, 0.25) is 6.79 Å². The third kappa shape index (κ3) is 2.95. The smallest absolute Gasteiger partial charge is 0.340 e. The molecule has 6 heteroatoms. The van der Waals surface area contributed by atoms with Gasteiger partial charge in [-0.25, -0.2) is 4.79 Å². The van der Waals surface area contributed by atoms with Gasteiger partial charge in [0, 0.05) is 11.5 Å². The predicted octanol–water partition coefficient (Wildman–Crippen LogP) is 4.37. The zero-order chi connectivity index (χ0) is 18.1. The van der Waals surface area contributed by atoms with Gasteiger partial charge in [-0.05, 0) is 24.1 Å². The molecule has 1 aromatic heterocycles. The van der Waals surface area contributed by atoms with Crippen molar-refractivity contribution in [3.05, 3.63) is 64.8 Å². The van der Waals surface area contributed by atoms with Crippen molar-refractivity contribution in [3.8, 4) is 11.5 Å². The average Bonchev–Trinajstić information content (AvgIpc) is 3.12. The van der Waals surface area contributed by atoms with Gasteiger partial charge in [0.1, 0.15) is 6.61 Å². The Morgan fingerprint density at radius 2 is 1.92 bits per heavy atom. The van der Waals surface area contributed by atoms with Crippen LogP contribution in [0.2, 0.25) is 0 Å². The van der Waals surface area contributed by atoms with E-state index in [1.807, 2.05) is 43.3 Å². The maximum absolute atomic E-state index is 12.7. The minimum atomic E-state index is -0.436. The van der Waals surface area contributed by atoms with Crippen molar-refractivity contribution in [2.45, 2.75) is 19.4 Å².